The van der Waals surface area contributed by atoms with Crippen LogP contribution in [0, 0.1) is 0 Å². The second-order valence-corrected chi connectivity index (χ2v) is 6.38. The summed E-state index contributed by atoms with van der Waals surface area (Å²) in [5, 5.41) is 10.8. The lowest BCUT2D eigenvalue weighted by atomic mass is 10.1. The van der Waals surface area contributed by atoms with Gasteiger partial charge in [0.25, 0.3) is 0 Å². The third-order valence-corrected chi connectivity index (χ3v) is 4.64. The Balaban J connectivity index is 1.61. The van der Waals surface area contributed by atoms with Gasteiger partial charge in [-0.3, -0.25) is 9.67 Å². The van der Waals surface area contributed by atoms with E-state index in [0.717, 1.165) is 24.9 Å². The average Bonchev–Trinajstić information content (AvgIpc) is 3.30. The normalized spacial score (nSPS) is 16.1. The number of aromatic nitrogens is 3. The van der Waals surface area contributed by atoms with E-state index in [-0.39, 0.29) is 6.04 Å². The van der Waals surface area contributed by atoms with Crippen LogP contribution in [0.4, 0.5) is 5.69 Å². The summed E-state index contributed by atoms with van der Waals surface area (Å²) in [7, 11) is 3.66. The average molecular weight is 341 g/mol. The molecule has 2 N–H and O–H groups in total. The van der Waals surface area contributed by atoms with Gasteiger partial charge in [0.2, 0.25) is 0 Å². The van der Waals surface area contributed by atoms with Crippen LogP contribution in [0.5, 0.6) is 0 Å². The Bertz CT molecular complexity index is 716. The first kappa shape index (κ1) is 17.3. The van der Waals surface area contributed by atoms with Gasteiger partial charge in [-0.05, 0) is 37.5 Å². The first-order valence-electron chi connectivity index (χ1n) is 8.82. The number of rotatable bonds is 5. The number of hydrogen-bond donors (Lipinski definition) is 2. The molecule has 0 aliphatic carbocycles. The van der Waals surface area contributed by atoms with Crippen LogP contribution in [0.25, 0.3) is 0 Å². The van der Waals surface area contributed by atoms with Gasteiger partial charge in [-0.15, -0.1) is 0 Å². The molecule has 0 bridgehead atoms. The van der Waals surface area contributed by atoms with E-state index < -0.39 is 0 Å². The Morgan fingerprint density at radius 2 is 2.12 bits per heavy atom. The maximum Gasteiger partial charge on any atom is 0.191 e. The maximum absolute atomic E-state index is 4.31. The van der Waals surface area contributed by atoms with Crippen LogP contribution in [-0.2, 0) is 13.6 Å². The van der Waals surface area contributed by atoms with Crippen molar-refractivity contribution in [3.8, 4) is 0 Å². The molecule has 2 heterocycles. The van der Waals surface area contributed by atoms with E-state index in [0.29, 0.717) is 6.54 Å². The fourth-order valence-corrected chi connectivity index (χ4v) is 3.09. The van der Waals surface area contributed by atoms with Crippen LogP contribution < -0.4 is 15.5 Å². The van der Waals surface area contributed by atoms with E-state index in [2.05, 4.69) is 61.8 Å². The molecule has 1 aliphatic rings. The van der Waals surface area contributed by atoms with Crippen LogP contribution in [0.2, 0.25) is 0 Å². The molecule has 1 aromatic heterocycles. The van der Waals surface area contributed by atoms with Crippen molar-refractivity contribution in [3.05, 3.63) is 42.0 Å². The molecular weight excluding hydrogens is 314 g/mol. The van der Waals surface area contributed by atoms with Crippen molar-refractivity contribution in [3.63, 3.8) is 0 Å². The Morgan fingerprint density at radius 3 is 2.80 bits per heavy atom. The van der Waals surface area contributed by atoms with E-state index in [1.807, 2.05) is 7.05 Å². The largest absolute Gasteiger partial charge is 0.372 e. The minimum absolute atomic E-state index is 0.160. The SMILES string of the molecule is CN=C(NCc1ncnn1C)NC(C)c1cccc(N2CCCC2)c1. The predicted octanol–water partition coefficient (Wildman–Crippen LogP) is 1.84. The van der Waals surface area contributed by atoms with Crippen LogP contribution in [-0.4, -0.2) is 40.9 Å². The van der Waals surface area contributed by atoms with Gasteiger partial charge in [-0.2, -0.15) is 5.10 Å². The number of nitrogens with zero attached hydrogens (tertiary/aromatic N) is 5. The molecule has 0 saturated carbocycles. The van der Waals surface area contributed by atoms with Crippen LogP contribution in [0.3, 0.4) is 0 Å². The Kier molecular flexibility index (Phi) is 5.53. The van der Waals surface area contributed by atoms with Crippen molar-refractivity contribution in [2.45, 2.75) is 32.4 Å². The Labute approximate surface area is 149 Å². The lowest BCUT2D eigenvalue weighted by molar-refractivity contribution is 0.651. The summed E-state index contributed by atoms with van der Waals surface area (Å²) in [4.78, 5) is 11.0. The highest BCUT2D eigenvalue weighted by atomic mass is 15.3. The summed E-state index contributed by atoms with van der Waals surface area (Å²) in [5.41, 5.74) is 2.57. The zero-order chi connectivity index (χ0) is 17.6. The van der Waals surface area contributed by atoms with E-state index in [9.17, 15) is 0 Å². The first-order chi connectivity index (χ1) is 12.2. The van der Waals surface area contributed by atoms with Crippen LogP contribution in [0.15, 0.2) is 35.6 Å². The fourth-order valence-electron chi connectivity index (χ4n) is 3.09. The zero-order valence-electron chi connectivity index (χ0n) is 15.2. The second-order valence-electron chi connectivity index (χ2n) is 6.38. The maximum atomic E-state index is 4.31. The van der Waals surface area contributed by atoms with Crippen molar-refractivity contribution < 1.29 is 0 Å². The van der Waals surface area contributed by atoms with Gasteiger partial charge in [0.1, 0.15) is 12.2 Å². The fraction of sp³-hybridized carbons (Fsp3) is 0.500. The van der Waals surface area contributed by atoms with Crippen molar-refractivity contribution in [1.29, 1.82) is 0 Å². The van der Waals surface area contributed by atoms with Crippen molar-refractivity contribution >= 4 is 11.6 Å². The molecule has 0 amide bonds. The number of aryl methyl sites for hydroxylation is 1. The number of aliphatic imine (C=N–C) groups is 1. The molecule has 1 atom stereocenters. The summed E-state index contributed by atoms with van der Waals surface area (Å²) in [5.74, 6) is 1.62. The van der Waals surface area contributed by atoms with Gasteiger partial charge in [-0.1, -0.05) is 12.1 Å². The van der Waals surface area contributed by atoms with Crippen molar-refractivity contribution in [2.24, 2.45) is 12.0 Å². The van der Waals surface area contributed by atoms with Crippen molar-refractivity contribution in [1.82, 2.24) is 25.4 Å². The molecule has 7 nitrogen and oxygen atoms in total. The number of benzene rings is 1. The number of anilines is 1. The lowest BCUT2D eigenvalue weighted by Crippen LogP contribution is -2.38. The monoisotopic (exact) mass is 341 g/mol. The lowest BCUT2D eigenvalue weighted by Gasteiger charge is -2.22. The molecule has 7 heteroatoms. The third kappa shape index (κ3) is 4.29. The number of nitrogens with one attached hydrogen (secondary N) is 2. The standard InChI is InChI=1S/C18H27N7/c1-14(15-7-6-8-16(11-15)25-9-4-5-10-25)23-18(19-2)20-12-17-21-13-22-24(17)3/h6-8,11,13-14H,4-5,9-10,12H2,1-3H3,(H2,19,20,23). The van der Waals surface area contributed by atoms with E-state index in [4.69, 9.17) is 0 Å². The molecule has 1 unspecified atom stereocenters. The zero-order valence-corrected chi connectivity index (χ0v) is 15.2. The van der Waals surface area contributed by atoms with Gasteiger partial charge in [0.15, 0.2) is 5.96 Å². The molecule has 1 saturated heterocycles. The van der Waals surface area contributed by atoms with E-state index >= 15 is 0 Å². The quantitative estimate of drug-likeness (QED) is 0.641. The molecular formula is C18H27N7. The summed E-state index contributed by atoms with van der Waals surface area (Å²) < 4.78 is 1.75. The van der Waals surface area contributed by atoms with E-state index in [1.165, 1.54) is 24.1 Å². The Hall–Kier alpha value is -2.57. The molecule has 25 heavy (non-hydrogen) atoms. The van der Waals surface area contributed by atoms with E-state index in [1.54, 1.807) is 18.1 Å². The van der Waals surface area contributed by atoms with Crippen molar-refractivity contribution in [2.75, 3.05) is 25.0 Å². The molecule has 0 radical (unpaired) electrons. The smallest absolute Gasteiger partial charge is 0.191 e. The molecule has 1 fully saturated rings. The van der Waals surface area contributed by atoms with Crippen LogP contribution >= 0.6 is 0 Å². The minimum Gasteiger partial charge on any atom is -0.372 e. The molecule has 3 rings (SSSR count). The highest BCUT2D eigenvalue weighted by Gasteiger charge is 2.14. The first-order valence-corrected chi connectivity index (χ1v) is 8.82. The highest BCUT2D eigenvalue weighted by Crippen LogP contribution is 2.23. The highest BCUT2D eigenvalue weighted by molar-refractivity contribution is 5.80. The molecule has 2 aromatic rings. The minimum atomic E-state index is 0.160. The van der Waals surface area contributed by atoms with Gasteiger partial charge in [0.05, 0.1) is 12.6 Å². The third-order valence-electron chi connectivity index (χ3n) is 4.64. The molecule has 1 aromatic carbocycles. The van der Waals surface area contributed by atoms with Gasteiger partial charge in [-0.25, -0.2) is 4.98 Å². The summed E-state index contributed by atoms with van der Waals surface area (Å²) in [6.07, 6.45) is 4.13. The van der Waals surface area contributed by atoms with Gasteiger partial charge < -0.3 is 15.5 Å². The molecule has 0 spiro atoms. The molecule has 1 aliphatic heterocycles. The number of hydrogen-bond acceptors (Lipinski definition) is 4. The van der Waals surface area contributed by atoms with Gasteiger partial charge >= 0.3 is 0 Å². The number of guanidine groups is 1. The predicted molar refractivity (Wildman–Crippen MR) is 101 cm³/mol. The summed E-state index contributed by atoms with van der Waals surface area (Å²) >= 11 is 0. The van der Waals surface area contributed by atoms with Crippen LogP contribution in [0.1, 0.15) is 37.2 Å². The summed E-state index contributed by atoms with van der Waals surface area (Å²) in [6, 6.07) is 8.93. The Morgan fingerprint density at radius 1 is 1.32 bits per heavy atom. The molecule has 134 valence electrons. The summed E-state index contributed by atoms with van der Waals surface area (Å²) in [6.45, 7) is 5.05. The topological polar surface area (TPSA) is 70.4 Å². The van der Waals surface area contributed by atoms with Gasteiger partial charge in [0, 0.05) is 32.9 Å². The second kappa shape index (κ2) is 8.00.